The maximum absolute atomic E-state index is 12.4. The van der Waals surface area contributed by atoms with Crippen LogP contribution < -0.4 is 5.32 Å². The number of carbonyl (C=O) groups is 1. The molecule has 2 aromatic heterocycles. The van der Waals surface area contributed by atoms with Crippen molar-refractivity contribution in [1.82, 2.24) is 19.8 Å². The maximum atomic E-state index is 12.4. The first-order chi connectivity index (χ1) is 12.7. The molecule has 26 heavy (non-hydrogen) atoms. The Labute approximate surface area is 154 Å². The number of likely N-dealkylation sites (tertiary alicyclic amines) is 1. The minimum atomic E-state index is 0.117. The molecule has 1 amide bonds. The smallest absolute Gasteiger partial charge is 0.234 e. The normalized spacial score (nSPS) is 17.8. The predicted octanol–water partition coefficient (Wildman–Crippen LogP) is 3.00. The van der Waals surface area contributed by atoms with Gasteiger partial charge < -0.3 is 14.9 Å². The Morgan fingerprint density at radius 1 is 1.27 bits per heavy atom. The Morgan fingerprint density at radius 2 is 2.15 bits per heavy atom. The van der Waals surface area contributed by atoms with Crippen LogP contribution in [0.5, 0.6) is 0 Å². The van der Waals surface area contributed by atoms with E-state index in [0.29, 0.717) is 19.1 Å². The van der Waals surface area contributed by atoms with E-state index in [0.717, 1.165) is 31.3 Å². The van der Waals surface area contributed by atoms with Gasteiger partial charge in [-0.2, -0.15) is 0 Å². The molecule has 4 rings (SSSR count). The predicted molar refractivity (Wildman–Crippen MR) is 104 cm³/mol. The number of nitrogens with zero attached hydrogens (tertiary/aromatic N) is 2. The molecule has 5 nitrogen and oxygen atoms in total. The number of hydrogen-bond acceptors (Lipinski definition) is 2. The van der Waals surface area contributed by atoms with Crippen molar-refractivity contribution >= 4 is 16.8 Å². The quantitative estimate of drug-likeness (QED) is 0.718. The molecule has 2 N–H and O–H groups in total. The Bertz CT molecular complexity index is 894. The van der Waals surface area contributed by atoms with Crippen LogP contribution in [0.4, 0.5) is 0 Å². The molecular weight excluding hydrogens is 324 g/mol. The average molecular weight is 350 g/mol. The molecule has 0 bridgehead atoms. The lowest BCUT2D eigenvalue weighted by Crippen LogP contribution is -2.38. The minimum Gasteiger partial charge on any atom is -0.361 e. The number of benzene rings is 1. The van der Waals surface area contributed by atoms with Gasteiger partial charge in [0.05, 0.1) is 12.6 Å². The summed E-state index contributed by atoms with van der Waals surface area (Å²) in [7, 11) is 2.08. The molecule has 1 atom stereocenters. The summed E-state index contributed by atoms with van der Waals surface area (Å²) in [6, 6.07) is 12.9. The number of fused-ring (bicyclic) bond motifs is 1. The Morgan fingerprint density at radius 3 is 3.00 bits per heavy atom. The highest BCUT2D eigenvalue weighted by Crippen LogP contribution is 2.31. The van der Waals surface area contributed by atoms with Crippen LogP contribution in [-0.4, -0.2) is 40.0 Å². The first kappa shape index (κ1) is 16.9. The van der Waals surface area contributed by atoms with Gasteiger partial charge in [0.1, 0.15) is 0 Å². The van der Waals surface area contributed by atoms with Crippen LogP contribution >= 0.6 is 0 Å². The SMILES string of the molecule is Cn1cccc1[C@H]1CCCN1CC(=O)NCCc1c[nH]c2ccccc12. The zero-order valence-electron chi connectivity index (χ0n) is 15.2. The van der Waals surface area contributed by atoms with Crippen molar-refractivity contribution in [2.45, 2.75) is 25.3 Å². The van der Waals surface area contributed by atoms with Crippen LogP contribution in [0.2, 0.25) is 0 Å². The highest BCUT2D eigenvalue weighted by atomic mass is 16.2. The van der Waals surface area contributed by atoms with Gasteiger partial charge in [-0.1, -0.05) is 18.2 Å². The van der Waals surface area contributed by atoms with E-state index >= 15 is 0 Å². The van der Waals surface area contributed by atoms with E-state index in [4.69, 9.17) is 0 Å². The van der Waals surface area contributed by atoms with Gasteiger partial charge in [0, 0.05) is 42.6 Å². The van der Waals surface area contributed by atoms with Crippen molar-refractivity contribution in [3.05, 3.63) is 60.0 Å². The fourth-order valence-electron chi connectivity index (χ4n) is 4.09. The van der Waals surface area contributed by atoms with Gasteiger partial charge in [0.2, 0.25) is 5.91 Å². The lowest BCUT2D eigenvalue weighted by Gasteiger charge is -2.24. The van der Waals surface area contributed by atoms with Crippen molar-refractivity contribution < 1.29 is 4.79 Å². The summed E-state index contributed by atoms with van der Waals surface area (Å²) in [5.74, 6) is 0.117. The number of hydrogen-bond donors (Lipinski definition) is 2. The van der Waals surface area contributed by atoms with Gasteiger partial charge in [-0.3, -0.25) is 9.69 Å². The molecule has 1 aliphatic rings. The summed E-state index contributed by atoms with van der Waals surface area (Å²) in [5.41, 5.74) is 3.70. The van der Waals surface area contributed by atoms with Crippen LogP contribution in [0, 0.1) is 0 Å². The van der Waals surface area contributed by atoms with Crippen molar-refractivity contribution in [2.24, 2.45) is 7.05 Å². The number of nitrogens with one attached hydrogen (secondary N) is 2. The highest BCUT2D eigenvalue weighted by molar-refractivity contribution is 5.83. The van der Waals surface area contributed by atoms with Gasteiger partial charge in [-0.05, 0) is 49.6 Å². The first-order valence-electron chi connectivity index (χ1n) is 9.39. The van der Waals surface area contributed by atoms with Gasteiger partial charge in [0.15, 0.2) is 0 Å². The van der Waals surface area contributed by atoms with Crippen molar-refractivity contribution in [2.75, 3.05) is 19.6 Å². The van der Waals surface area contributed by atoms with Crippen LogP contribution in [0.1, 0.15) is 30.1 Å². The molecule has 0 radical (unpaired) electrons. The monoisotopic (exact) mass is 350 g/mol. The van der Waals surface area contributed by atoms with Crippen molar-refractivity contribution in [1.29, 1.82) is 0 Å². The lowest BCUT2D eigenvalue weighted by atomic mass is 10.1. The number of carbonyl (C=O) groups excluding carboxylic acids is 1. The number of H-pyrrole nitrogens is 1. The second kappa shape index (κ2) is 7.38. The molecule has 1 saturated heterocycles. The molecule has 3 heterocycles. The van der Waals surface area contributed by atoms with Gasteiger partial charge in [0.25, 0.3) is 0 Å². The van der Waals surface area contributed by atoms with Gasteiger partial charge in [-0.25, -0.2) is 0 Å². The number of aryl methyl sites for hydroxylation is 1. The first-order valence-corrected chi connectivity index (χ1v) is 9.39. The maximum Gasteiger partial charge on any atom is 0.234 e. The molecule has 1 aromatic carbocycles. The summed E-state index contributed by atoms with van der Waals surface area (Å²) < 4.78 is 2.16. The van der Waals surface area contributed by atoms with E-state index in [1.165, 1.54) is 16.6 Å². The number of amides is 1. The fourth-order valence-corrected chi connectivity index (χ4v) is 4.09. The summed E-state index contributed by atoms with van der Waals surface area (Å²) in [6.45, 7) is 2.14. The minimum absolute atomic E-state index is 0.117. The summed E-state index contributed by atoms with van der Waals surface area (Å²) in [5, 5.41) is 4.33. The Balaban J connectivity index is 1.31. The summed E-state index contributed by atoms with van der Waals surface area (Å²) in [6.07, 6.45) is 7.24. The molecule has 0 unspecified atom stereocenters. The van der Waals surface area contributed by atoms with E-state index in [1.54, 1.807) is 0 Å². The van der Waals surface area contributed by atoms with Crippen LogP contribution in [0.3, 0.4) is 0 Å². The van der Waals surface area contributed by atoms with E-state index in [2.05, 4.69) is 63.3 Å². The topological polar surface area (TPSA) is 53.1 Å². The largest absolute Gasteiger partial charge is 0.361 e. The molecule has 0 aliphatic carbocycles. The second-order valence-corrected chi connectivity index (χ2v) is 7.13. The molecule has 3 aromatic rings. The number of rotatable bonds is 6. The molecule has 136 valence electrons. The van der Waals surface area contributed by atoms with Crippen LogP contribution in [0.15, 0.2) is 48.8 Å². The molecule has 5 heteroatoms. The second-order valence-electron chi connectivity index (χ2n) is 7.13. The van der Waals surface area contributed by atoms with Crippen molar-refractivity contribution in [3.8, 4) is 0 Å². The summed E-state index contributed by atoms with van der Waals surface area (Å²) in [4.78, 5) is 18.0. The van der Waals surface area contributed by atoms with Crippen LogP contribution in [0.25, 0.3) is 10.9 Å². The Hall–Kier alpha value is -2.53. The molecule has 0 spiro atoms. The number of para-hydroxylation sites is 1. The highest BCUT2D eigenvalue weighted by Gasteiger charge is 2.28. The fraction of sp³-hybridized carbons (Fsp3) is 0.381. The van der Waals surface area contributed by atoms with E-state index in [1.807, 2.05) is 12.3 Å². The standard InChI is InChI=1S/C21H26N4O/c1-24-12-4-8-19(24)20-9-5-13-25(20)15-21(26)22-11-10-16-14-23-18-7-3-2-6-17(16)18/h2-4,6-8,12,14,20,23H,5,9-11,13,15H2,1H3,(H,22,26)/t20-/m1/s1. The molecule has 1 fully saturated rings. The average Bonchev–Trinajstić information content (AvgIpc) is 3.35. The van der Waals surface area contributed by atoms with Crippen LogP contribution in [-0.2, 0) is 18.3 Å². The third-order valence-electron chi connectivity index (χ3n) is 5.43. The third kappa shape index (κ3) is 3.40. The van der Waals surface area contributed by atoms with E-state index < -0.39 is 0 Å². The van der Waals surface area contributed by atoms with E-state index in [-0.39, 0.29) is 5.91 Å². The zero-order chi connectivity index (χ0) is 17.9. The lowest BCUT2D eigenvalue weighted by molar-refractivity contribution is -0.122. The number of aromatic nitrogens is 2. The molecule has 0 saturated carbocycles. The van der Waals surface area contributed by atoms with Crippen molar-refractivity contribution in [3.63, 3.8) is 0 Å². The summed E-state index contributed by atoms with van der Waals surface area (Å²) >= 11 is 0. The van der Waals surface area contributed by atoms with E-state index in [9.17, 15) is 4.79 Å². The number of aromatic amines is 1. The van der Waals surface area contributed by atoms with Gasteiger partial charge in [-0.15, -0.1) is 0 Å². The zero-order valence-corrected chi connectivity index (χ0v) is 15.2. The third-order valence-corrected chi connectivity index (χ3v) is 5.43. The van der Waals surface area contributed by atoms with Gasteiger partial charge >= 0.3 is 0 Å². The Kier molecular flexibility index (Phi) is 4.80. The molecular formula is C21H26N4O. The molecule has 1 aliphatic heterocycles.